The first-order chi connectivity index (χ1) is 13.7. The Labute approximate surface area is 165 Å². The molecular formula is C23H26N2O3. The molecule has 1 heterocycles. The number of imidazole rings is 1. The molecule has 0 radical (unpaired) electrons. The second-order valence-electron chi connectivity index (χ2n) is 7.17. The maximum Gasteiger partial charge on any atom is 0.132 e. The molecule has 1 fully saturated rings. The zero-order valence-corrected chi connectivity index (χ0v) is 16.3. The fraction of sp³-hybridized carbons (Fsp3) is 0.348. The third-order valence-electron chi connectivity index (χ3n) is 5.56. The molecule has 28 heavy (non-hydrogen) atoms. The number of rotatable bonds is 5. The number of nitrogens with zero attached hydrogens (tertiary/aromatic N) is 2. The summed E-state index contributed by atoms with van der Waals surface area (Å²) in [4.78, 5) is 4.76. The van der Waals surface area contributed by atoms with E-state index in [-0.39, 0.29) is 12.1 Å². The number of aliphatic hydroxyl groups excluding tert-OH is 1. The summed E-state index contributed by atoms with van der Waals surface area (Å²) in [6, 6.07) is 15.9. The summed E-state index contributed by atoms with van der Waals surface area (Å²) in [6.07, 6.45) is 5.37. The zero-order chi connectivity index (χ0) is 19.5. The van der Waals surface area contributed by atoms with Gasteiger partial charge in [-0.25, -0.2) is 4.98 Å². The molecule has 0 spiro atoms. The summed E-state index contributed by atoms with van der Waals surface area (Å²) in [5, 5.41) is 10.7. The van der Waals surface area contributed by atoms with Crippen LogP contribution >= 0.6 is 0 Å². The van der Waals surface area contributed by atoms with Crippen molar-refractivity contribution in [3.63, 3.8) is 0 Å². The van der Waals surface area contributed by atoms with E-state index in [0.29, 0.717) is 0 Å². The number of aliphatic hydroxyl groups is 1. The molecule has 0 amide bonds. The molecule has 5 nitrogen and oxygen atoms in total. The van der Waals surface area contributed by atoms with Gasteiger partial charge in [-0.2, -0.15) is 0 Å². The molecule has 4 rings (SSSR count). The zero-order valence-electron chi connectivity index (χ0n) is 16.3. The Balaban J connectivity index is 1.98. The number of aromatic nitrogens is 2. The average Bonchev–Trinajstić information content (AvgIpc) is 3.18. The molecule has 2 atom stereocenters. The minimum absolute atomic E-state index is 0.0108. The van der Waals surface area contributed by atoms with Gasteiger partial charge < -0.3 is 19.1 Å². The number of benzene rings is 2. The molecular weight excluding hydrogens is 352 g/mol. The van der Waals surface area contributed by atoms with Gasteiger partial charge in [0.25, 0.3) is 0 Å². The molecule has 3 aromatic rings. The van der Waals surface area contributed by atoms with Crippen molar-refractivity contribution in [1.29, 1.82) is 0 Å². The number of hydrogen-bond donors (Lipinski definition) is 1. The molecule has 1 aliphatic carbocycles. The quantitative estimate of drug-likeness (QED) is 0.698. The fourth-order valence-electron chi connectivity index (χ4n) is 4.17. The summed E-state index contributed by atoms with van der Waals surface area (Å²) in [7, 11) is 3.33. The van der Waals surface area contributed by atoms with Crippen LogP contribution < -0.4 is 9.47 Å². The number of methoxy groups -OCH3 is 2. The molecule has 1 aliphatic rings. The van der Waals surface area contributed by atoms with Gasteiger partial charge in [-0.3, -0.25) is 0 Å². The van der Waals surface area contributed by atoms with Crippen LogP contribution in [-0.4, -0.2) is 35.0 Å². The Morgan fingerprint density at radius 3 is 2.25 bits per heavy atom. The van der Waals surface area contributed by atoms with Gasteiger partial charge in [0.15, 0.2) is 0 Å². The van der Waals surface area contributed by atoms with Gasteiger partial charge in [-0.05, 0) is 25.0 Å². The van der Waals surface area contributed by atoms with Crippen molar-refractivity contribution in [2.75, 3.05) is 14.2 Å². The minimum atomic E-state index is -0.383. The van der Waals surface area contributed by atoms with Crippen LogP contribution in [0.25, 0.3) is 22.5 Å². The van der Waals surface area contributed by atoms with Crippen molar-refractivity contribution in [3.05, 3.63) is 54.9 Å². The SMILES string of the molecule is COc1cccc(OC)c1-c1c(-c2ccccc2)ncn1[C@@H]1CCCC[C@H]1O. The van der Waals surface area contributed by atoms with Gasteiger partial charge in [-0.15, -0.1) is 0 Å². The number of ether oxygens (including phenoxy) is 2. The Morgan fingerprint density at radius 1 is 0.929 bits per heavy atom. The molecule has 5 heteroatoms. The largest absolute Gasteiger partial charge is 0.496 e. The van der Waals surface area contributed by atoms with Crippen molar-refractivity contribution < 1.29 is 14.6 Å². The Morgan fingerprint density at radius 2 is 1.61 bits per heavy atom. The van der Waals surface area contributed by atoms with E-state index in [0.717, 1.165) is 59.7 Å². The summed E-state index contributed by atoms with van der Waals surface area (Å²) in [6.45, 7) is 0. The highest BCUT2D eigenvalue weighted by Gasteiger charge is 2.30. The highest BCUT2D eigenvalue weighted by Crippen LogP contribution is 2.45. The van der Waals surface area contributed by atoms with Crippen molar-refractivity contribution >= 4 is 0 Å². The minimum Gasteiger partial charge on any atom is -0.496 e. The van der Waals surface area contributed by atoms with Gasteiger partial charge in [0, 0.05) is 5.56 Å². The van der Waals surface area contributed by atoms with Gasteiger partial charge >= 0.3 is 0 Å². The van der Waals surface area contributed by atoms with E-state index in [9.17, 15) is 5.11 Å². The first kappa shape index (κ1) is 18.6. The molecule has 146 valence electrons. The summed E-state index contributed by atoms with van der Waals surface area (Å²) in [5.41, 5.74) is 3.67. The van der Waals surface area contributed by atoms with Crippen LogP contribution in [0.1, 0.15) is 31.7 Å². The first-order valence-corrected chi connectivity index (χ1v) is 9.76. The van der Waals surface area contributed by atoms with E-state index in [1.165, 1.54) is 0 Å². The van der Waals surface area contributed by atoms with Crippen LogP contribution in [-0.2, 0) is 0 Å². The Kier molecular flexibility index (Phi) is 5.35. The topological polar surface area (TPSA) is 56.5 Å². The maximum atomic E-state index is 10.7. The predicted molar refractivity (Wildman–Crippen MR) is 110 cm³/mol. The third kappa shape index (κ3) is 3.27. The normalized spacial score (nSPS) is 19.4. The van der Waals surface area contributed by atoms with Crippen LogP contribution in [0, 0.1) is 0 Å². The van der Waals surface area contributed by atoms with E-state index < -0.39 is 0 Å². The standard InChI is InChI=1S/C23H26N2O3/c1-27-19-13-8-14-20(28-2)21(19)23-22(16-9-4-3-5-10-16)24-15-25(23)17-11-6-7-12-18(17)26/h3-5,8-10,13-15,17-18,26H,6-7,11-12H2,1-2H3/t17-,18-/m1/s1. The van der Waals surface area contributed by atoms with Crippen LogP contribution in [0.2, 0.25) is 0 Å². The van der Waals surface area contributed by atoms with E-state index in [2.05, 4.69) is 16.7 Å². The number of hydrogen-bond acceptors (Lipinski definition) is 4. The van der Waals surface area contributed by atoms with Crippen molar-refractivity contribution in [1.82, 2.24) is 9.55 Å². The summed E-state index contributed by atoms with van der Waals surface area (Å²) >= 11 is 0. The second kappa shape index (κ2) is 8.07. The molecule has 1 aromatic heterocycles. The van der Waals surface area contributed by atoms with E-state index in [1.807, 2.05) is 42.7 Å². The highest BCUT2D eigenvalue weighted by molar-refractivity contribution is 5.85. The lowest BCUT2D eigenvalue weighted by atomic mass is 9.91. The van der Waals surface area contributed by atoms with Crippen LogP contribution in [0.3, 0.4) is 0 Å². The molecule has 0 saturated heterocycles. The molecule has 0 unspecified atom stereocenters. The third-order valence-corrected chi connectivity index (χ3v) is 5.56. The van der Waals surface area contributed by atoms with Gasteiger partial charge in [0.1, 0.15) is 11.5 Å². The monoisotopic (exact) mass is 378 g/mol. The smallest absolute Gasteiger partial charge is 0.132 e. The van der Waals surface area contributed by atoms with Crippen LogP contribution in [0.5, 0.6) is 11.5 Å². The Bertz CT molecular complexity index is 914. The maximum absolute atomic E-state index is 10.7. The van der Waals surface area contributed by atoms with Gasteiger partial charge in [0.2, 0.25) is 0 Å². The van der Waals surface area contributed by atoms with Gasteiger partial charge in [0.05, 0.1) is 49.6 Å². The van der Waals surface area contributed by atoms with Crippen LogP contribution in [0.4, 0.5) is 0 Å². The van der Waals surface area contributed by atoms with Crippen molar-refractivity contribution in [2.45, 2.75) is 37.8 Å². The first-order valence-electron chi connectivity index (χ1n) is 9.76. The summed E-state index contributed by atoms with van der Waals surface area (Å²) in [5.74, 6) is 1.45. The highest BCUT2D eigenvalue weighted by atomic mass is 16.5. The predicted octanol–water partition coefficient (Wildman–Crippen LogP) is 4.71. The molecule has 1 N–H and O–H groups in total. The van der Waals surface area contributed by atoms with E-state index in [4.69, 9.17) is 14.5 Å². The van der Waals surface area contributed by atoms with E-state index in [1.54, 1.807) is 14.2 Å². The molecule has 2 aromatic carbocycles. The van der Waals surface area contributed by atoms with Gasteiger partial charge in [-0.1, -0.05) is 49.2 Å². The molecule has 0 aliphatic heterocycles. The van der Waals surface area contributed by atoms with Crippen LogP contribution in [0.15, 0.2) is 54.9 Å². The lowest BCUT2D eigenvalue weighted by molar-refractivity contribution is 0.0761. The Hall–Kier alpha value is -2.79. The molecule has 1 saturated carbocycles. The van der Waals surface area contributed by atoms with E-state index >= 15 is 0 Å². The lowest BCUT2D eigenvalue weighted by Crippen LogP contribution is -2.27. The molecule has 0 bridgehead atoms. The van der Waals surface area contributed by atoms with Crippen molar-refractivity contribution in [2.24, 2.45) is 0 Å². The second-order valence-corrected chi connectivity index (χ2v) is 7.17. The average molecular weight is 378 g/mol. The van der Waals surface area contributed by atoms with Crippen molar-refractivity contribution in [3.8, 4) is 34.0 Å². The summed E-state index contributed by atoms with van der Waals surface area (Å²) < 4.78 is 13.5. The lowest BCUT2D eigenvalue weighted by Gasteiger charge is -2.30. The fourth-order valence-corrected chi connectivity index (χ4v) is 4.17.